The van der Waals surface area contributed by atoms with Crippen molar-refractivity contribution in [1.82, 2.24) is 19.7 Å². The number of benzene rings is 1. The Kier molecular flexibility index (Phi) is 4.23. The summed E-state index contributed by atoms with van der Waals surface area (Å²) >= 11 is 0. The predicted molar refractivity (Wildman–Crippen MR) is 116 cm³/mol. The van der Waals surface area contributed by atoms with Crippen LogP contribution in [-0.2, 0) is 5.72 Å². The number of aliphatic hydroxyl groups is 2. The van der Waals surface area contributed by atoms with Gasteiger partial charge in [0.15, 0.2) is 11.5 Å². The van der Waals surface area contributed by atoms with Crippen LogP contribution in [0.3, 0.4) is 0 Å². The number of alkyl halides is 2. The van der Waals surface area contributed by atoms with E-state index in [2.05, 4.69) is 15.1 Å². The van der Waals surface area contributed by atoms with Crippen molar-refractivity contribution < 1.29 is 19.0 Å². The maximum atomic E-state index is 13.1. The average Bonchev–Trinajstić information content (AvgIpc) is 3.14. The lowest BCUT2D eigenvalue weighted by atomic mass is 9.74. The topological polar surface area (TPSA) is 110 Å². The van der Waals surface area contributed by atoms with E-state index in [-0.39, 0.29) is 17.5 Å². The summed E-state index contributed by atoms with van der Waals surface area (Å²) in [7, 11) is 0. The van der Waals surface area contributed by atoms with E-state index in [9.17, 15) is 19.0 Å². The summed E-state index contributed by atoms with van der Waals surface area (Å²) in [5.74, 6) is 0.0717. The van der Waals surface area contributed by atoms with Crippen molar-refractivity contribution in [2.45, 2.75) is 30.6 Å². The van der Waals surface area contributed by atoms with Gasteiger partial charge >= 0.3 is 0 Å². The molecule has 0 bridgehead atoms. The average molecular weight is 449 g/mol. The minimum atomic E-state index is -2.67. The van der Waals surface area contributed by atoms with Crippen molar-refractivity contribution in [3.8, 4) is 17.1 Å². The smallest absolute Gasteiger partial charge is 0.280 e. The van der Waals surface area contributed by atoms with Crippen molar-refractivity contribution in [1.29, 1.82) is 0 Å². The lowest BCUT2D eigenvalue weighted by molar-refractivity contribution is -0.107. The molecule has 2 saturated carbocycles. The van der Waals surface area contributed by atoms with Gasteiger partial charge in [-0.2, -0.15) is 5.10 Å². The molecule has 0 amide bonds. The van der Waals surface area contributed by atoms with Gasteiger partial charge in [-0.1, -0.05) is 24.3 Å². The second kappa shape index (κ2) is 6.86. The van der Waals surface area contributed by atoms with Crippen molar-refractivity contribution in [2.24, 2.45) is 17.6 Å². The van der Waals surface area contributed by atoms with E-state index in [1.165, 1.54) is 16.8 Å². The largest absolute Gasteiger partial charge is 0.390 e. The van der Waals surface area contributed by atoms with Crippen LogP contribution in [0.2, 0.25) is 0 Å². The van der Waals surface area contributed by atoms with Crippen molar-refractivity contribution >= 4 is 10.9 Å². The lowest BCUT2D eigenvalue weighted by Crippen LogP contribution is -2.52. The third-order valence-electron chi connectivity index (χ3n) is 6.95. The van der Waals surface area contributed by atoms with E-state index in [0.29, 0.717) is 35.6 Å². The van der Waals surface area contributed by atoms with Gasteiger partial charge in [-0.3, -0.25) is 5.73 Å². The number of hydrogen-bond acceptors (Lipinski definition) is 6. The number of halogens is 2. The van der Waals surface area contributed by atoms with Crippen LogP contribution >= 0.6 is 0 Å². The molecule has 9 heteroatoms. The van der Waals surface area contributed by atoms with Gasteiger partial charge in [0, 0.05) is 16.9 Å². The standard InChI is InChI=1S/C24H21F2N5O2/c25-22(26)18-4-2-6-21(30-18)31-19-9-13(7-8-14(19)12-28-31)17-3-1-5-20(29-17)24(27,33)16-11-23(32)10-15(16)23/h1-9,12,15-16,22,32-33H,10-11,27H2/t15?,16?,23?,24-/m0/s1. The Morgan fingerprint density at radius 2 is 1.91 bits per heavy atom. The molecule has 2 fully saturated rings. The summed E-state index contributed by atoms with van der Waals surface area (Å²) in [6, 6.07) is 15.3. The van der Waals surface area contributed by atoms with E-state index in [0.717, 1.165) is 10.9 Å². The summed E-state index contributed by atoms with van der Waals surface area (Å²) < 4.78 is 27.7. The van der Waals surface area contributed by atoms with E-state index in [1.807, 2.05) is 24.3 Å². The van der Waals surface area contributed by atoms with Gasteiger partial charge in [-0.25, -0.2) is 23.4 Å². The van der Waals surface area contributed by atoms with E-state index >= 15 is 0 Å². The van der Waals surface area contributed by atoms with E-state index in [1.54, 1.807) is 24.4 Å². The molecule has 0 radical (unpaired) electrons. The Bertz CT molecular complexity index is 1390. The quantitative estimate of drug-likeness (QED) is 0.404. The number of pyridine rings is 2. The van der Waals surface area contributed by atoms with Crippen LogP contribution in [0.1, 0.15) is 30.7 Å². The molecule has 3 aromatic heterocycles. The molecular formula is C24H21F2N5O2. The van der Waals surface area contributed by atoms with Crippen LogP contribution in [0.15, 0.2) is 60.8 Å². The summed E-state index contributed by atoms with van der Waals surface area (Å²) in [5, 5.41) is 26.3. The minimum Gasteiger partial charge on any atom is -0.390 e. The monoisotopic (exact) mass is 449 g/mol. The lowest BCUT2D eigenvalue weighted by Gasteiger charge is -2.40. The Labute approximate surface area is 187 Å². The second-order valence-electron chi connectivity index (χ2n) is 9.01. The highest BCUT2D eigenvalue weighted by atomic mass is 19.3. The normalized spacial score (nSPS) is 25.5. The number of nitrogens with zero attached hydrogens (tertiary/aromatic N) is 4. The summed E-state index contributed by atoms with van der Waals surface area (Å²) in [6.07, 6.45) is 0.0998. The first-order valence-electron chi connectivity index (χ1n) is 10.7. The van der Waals surface area contributed by atoms with Crippen molar-refractivity contribution in [3.63, 3.8) is 0 Å². The van der Waals surface area contributed by atoms with Gasteiger partial charge in [-0.15, -0.1) is 0 Å². The fourth-order valence-corrected chi connectivity index (χ4v) is 4.95. The van der Waals surface area contributed by atoms with Gasteiger partial charge in [0.05, 0.1) is 28.7 Å². The second-order valence-corrected chi connectivity index (χ2v) is 9.01. The Morgan fingerprint density at radius 1 is 1.09 bits per heavy atom. The highest BCUT2D eigenvalue weighted by Gasteiger charge is 2.71. The van der Waals surface area contributed by atoms with E-state index in [4.69, 9.17) is 5.73 Å². The van der Waals surface area contributed by atoms with Crippen LogP contribution in [0, 0.1) is 11.8 Å². The molecule has 1 aromatic carbocycles. The molecule has 6 rings (SSSR count). The fraction of sp³-hybridized carbons (Fsp3) is 0.292. The zero-order valence-corrected chi connectivity index (χ0v) is 17.4. The molecule has 3 heterocycles. The van der Waals surface area contributed by atoms with Gasteiger partial charge in [-0.05, 0) is 49.1 Å². The molecule has 0 spiro atoms. The predicted octanol–water partition coefficient (Wildman–Crippen LogP) is 3.29. The Balaban J connectivity index is 1.38. The zero-order chi connectivity index (χ0) is 23.0. The van der Waals surface area contributed by atoms with Gasteiger partial charge in [0.1, 0.15) is 5.69 Å². The Hall–Kier alpha value is -3.27. The fourth-order valence-electron chi connectivity index (χ4n) is 4.95. The van der Waals surface area contributed by atoms with Crippen molar-refractivity contribution in [3.05, 3.63) is 72.2 Å². The highest BCUT2D eigenvalue weighted by molar-refractivity contribution is 5.84. The maximum absolute atomic E-state index is 13.1. The summed E-state index contributed by atoms with van der Waals surface area (Å²) in [6.45, 7) is 0. The molecule has 33 heavy (non-hydrogen) atoms. The number of rotatable bonds is 5. The maximum Gasteiger partial charge on any atom is 0.280 e. The molecule has 3 unspecified atom stereocenters. The van der Waals surface area contributed by atoms with Gasteiger partial charge in [0.2, 0.25) is 0 Å². The highest BCUT2D eigenvalue weighted by Crippen LogP contribution is 2.66. The molecule has 0 saturated heterocycles. The molecule has 4 aromatic rings. The molecule has 168 valence electrons. The number of aromatic nitrogens is 4. The third-order valence-corrected chi connectivity index (χ3v) is 6.95. The van der Waals surface area contributed by atoms with Gasteiger partial charge in [0.25, 0.3) is 6.43 Å². The van der Waals surface area contributed by atoms with Gasteiger partial charge < -0.3 is 10.2 Å². The third kappa shape index (κ3) is 3.15. The minimum absolute atomic E-state index is 0.0140. The van der Waals surface area contributed by atoms with Crippen LogP contribution in [0.5, 0.6) is 0 Å². The first-order valence-corrected chi connectivity index (χ1v) is 10.7. The molecule has 4 atom stereocenters. The van der Waals surface area contributed by atoms with Crippen LogP contribution < -0.4 is 5.73 Å². The zero-order valence-electron chi connectivity index (χ0n) is 17.4. The Morgan fingerprint density at radius 3 is 2.64 bits per heavy atom. The van der Waals surface area contributed by atoms with Crippen LogP contribution in [-0.4, -0.2) is 35.6 Å². The summed E-state index contributed by atoms with van der Waals surface area (Å²) in [5.41, 5.74) is 6.06. The number of nitrogens with two attached hydrogens (primary N) is 1. The summed E-state index contributed by atoms with van der Waals surface area (Å²) in [4.78, 5) is 8.65. The van der Waals surface area contributed by atoms with Crippen LogP contribution in [0.25, 0.3) is 28.0 Å². The van der Waals surface area contributed by atoms with E-state index < -0.39 is 17.8 Å². The van der Waals surface area contributed by atoms with Crippen molar-refractivity contribution in [2.75, 3.05) is 0 Å². The molecule has 2 aliphatic carbocycles. The first kappa shape index (κ1) is 20.3. The first-order chi connectivity index (χ1) is 15.8. The molecule has 2 aliphatic rings. The molecule has 7 nitrogen and oxygen atoms in total. The SMILES string of the molecule is N[C@@](O)(c1cccc(-c2ccc3cnn(-c4cccc(C(F)F)n4)c3c2)n1)C1CC2(O)CC12. The van der Waals surface area contributed by atoms with Crippen LogP contribution in [0.4, 0.5) is 8.78 Å². The molecular weight excluding hydrogens is 428 g/mol. The number of hydrogen-bond donors (Lipinski definition) is 3. The number of fused-ring (bicyclic) bond motifs is 2. The molecule has 4 N–H and O–H groups in total. The molecule has 0 aliphatic heterocycles.